The summed E-state index contributed by atoms with van der Waals surface area (Å²) in [5.74, 6) is 0.152. The van der Waals surface area contributed by atoms with Crippen LogP contribution in [0.4, 0.5) is 13.2 Å². The van der Waals surface area contributed by atoms with Gasteiger partial charge in [0.1, 0.15) is 5.76 Å². The summed E-state index contributed by atoms with van der Waals surface area (Å²) in [5.41, 5.74) is -0.535. The Morgan fingerprint density at radius 1 is 1.04 bits per heavy atom. The monoisotopic (exact) mass is 402 g/mol. The second kappa shape index (κ2) is 7.12. The third kappa shape index (κ3) is 3.63. The maximum atomic E-state index is 13.0. The Morgan fingerprint density at radius 3 is 2.57 bits per heavy atom. The van der Waals surface area contributed by atoms with Gasteiger partial charge < -0.3 is 9.73 Å². The molecular formula is C20H13F3N2O2S. The van der Waals surface area contributed by atoms with E-state index in [1.165, 1.54) is 23.5 Å². The van der Waals surface area contributed by atoms with Crippen LogP contribution in [0.1, 0.15) is 21.7 Å². The number of carbonyl (C=O) groups excluding carboxylic acids is 1. The summed E-state index contributed by atoms with van der Waals surface area (Å²) in [5, 5.41) is 3.16. The summed E-state index contributed by atoms with van der Waals surface area (Å²) in [6.45, 7) is -0.0318. The Hall–Kier alpha value is -3.13. The molecule has 4 rings (SSSR count). The van der Waals surface area contributed by atoms with E-state index < -0.39 is 23.2 Å². The summed E-state index contributed by atoms with van der Waals surface area (Å²) in [6.07, 6.45) is -4.60. The minimum atomic E-state index is -4.60. The molecule has 0 saturated carbocycles. The summed E-state index contributed by atoms with van der Waals surface area (Å²) >= 11 is 1.47. The Labute approximate surface area is 161 Å². The second-order valence-corrected chi connectivity index (χ2v) is 7.01. The number of carbonyl (C=O) groups is 1. The number of fused-ring (bicyclic) bond motifs is 1. The van der Waals surface area contributed by atoms with Crippen molar-refractivity contribution < 1.29 is 22.4 Å². The molecule has 0 spiro atoms. The van der Waals surface area contributed by atoms with E-state index in [1.54, 1.807) is 12.1 Å². The average molecular weight is 402 g/mol. The molecule has 8 heteroatoms. The van der Waals surface area contributed by atoms with Gasteiger partial charge in [0.05, 0.1) is 27.9 Å². The standard InChI is InChI=1S/C20H13F3N2O2S/c21-20(22,23)14-6-2-1-5-13(14)18(26)24-11-12-9-10-16(27-12)19-25-15-7-3-4-8-17(15)28-19/h1-10H,11H2,(H,24,26). The van der Waals surface area contributed by atoms with Crippen molar-refractivity contribution in [3.05, 3.63) is 77.6 Å². The number of furan rings is 1. The first kappa shape index (κ1) is 18.2. The lowest BCUT2D eigenvalue weighted by Gasteiger charge is -2.12. The highest BCUT2D eigenvalue weighted by atomic mass is 32.1. The fourth-order valence-electron chi connectivity index (χ4n) is 2.76. The van der Waals surface area contributed by atoms with Crippen LogP contribution in [-0.2, 0) is 12.7 Å². The molecule has 28 heavy (non-hydrogen) atoms. The molecule has 0 aliphatic carbocycles. The van der Waals surface area contributed by atoms with Gasteiger partial charge >= 0.3 is 6.18 Å². The molecule has 0 radical (unpaired) electrons. The van der Waals surface area contributed by atoms with E-state index in [0.717, 1.165) is 22.3 Å². The molecule has 4 aromatic rings. The predicted molar refractivity (Wildman–Crippen MR) is 99.9 cm³/mol. The quantitative estimate of drug-likeness (QED) is 0.490. The molecule has 1 N–H and O–H groups in total. The van der Waals surface area contributed by atoms with Crippen molar-refractivity contribution >= 4 is 27.5 Å². The second-order valence-electron chi connectivity index (χ2n) is 5.98. The number of aromatic nitrogens is 1. The van der Waals surface area contributed by atoms with Crippen molar-refractivity contribution in [1.29, 1.82) is 0 Å². The number of alkyl halides is 3. The van der Waals surface area contributed by atoms with Gasteiger partial charge in [0, 0.05) is 0 Å². The van der Waals surface area contributed by atoms with E-state index in [-0.39, 0.29) is 6.54 Å². The zero-order chi connectivity index (χ0) is 19.7. The molecule has 142 valence electrons. The van der Waals surface area contributed by atoms with Crippen molar-refractivity contribution in [1.82, 2.24) is 10.3 Å². The first-order valence-corrected chi connectivity index (χ1v) is 9.12. The van der Waals surface area contributed by atoms with Crippen molar-refractivity contribution in [3.63, 3.8) is 0 Å². The average Bonchev–Trinajstić information content (AvgIpc) is 3.32. The Kier molecular flexibility index (Phi) is 4.64. The van der Waals surface area contributed by atoms with Crippen LogP contribution in [-0.4, -0.2) is 10.9 Å². The lowest BCUT2D eigenvalue weighted by atomic mass is 10.1. The Balaban J connectivity index is 1.49. The first-order chi connectivity index (χ1) is 13.4. The Morgan fingerprint density at radius 2 is 1.79 bits per heavy atom. The lowest BCUT2D eigenvalue weighted by molar-refractivity contribution is -0.137. The number of hydrogen-bond acceptors (Lipinski definition) is 4. The lowest BCUT2D eigenvalue weighted by Crippen LogP contribution is -2.25. The van der Waals surface area contributed by atoms with Crippen molar-refractivity contribution in [2.24, 2.45) is 0 Å². The van der Waals surface area contributed by atoms with Crippen LogP contribution in [0.3, 0.4) is 0 Å². The van der Waals surface area contributed by atoms with Gasteiger partial charge in [-0.3, -0.25) is 4.79 Å². The number of para-hydroxylation sites is 1. The summed E-state index contributed by atoms with van der Waals surface area (Å²) in [4.78, 5) is 16.7. The third-order valence-electron chi connectivity index (χ3n) is 4.07. The van der Waals surface area contributed by atoms with Crippen LogP contribution in [0.5, 0.6) is 0 Å². The number of benzene rings is 2. The number of amides is 1. The van der Waals surface area contributed by atoms with E-state index in [1.807, 2.05) is 24.3 Å². The number of thiazole rings is 1. The SMILES string of the molecule is O=C(NCc1ccc(-c2nc3ccccc3s2)o1)c1ccccc1C(F)(F)F. The number of nitrogens with zero attached hydrogens (tertiary/aromatic N) is 1. The van der Waals surface area contributed by atoms with Gasteiger partial charge in [-0.25, -0.2) is 4.98 Å². The van der Waals surface area contributed by atoms with Gasteiger partial charge in [0.2, 0.25) is 0 Å². The minimum absolute atomic E-state index is 0.0318. The number of nitrogens with one attached hydrogen (secondary N) is 1. The summed E-state index contributed by atoms with van der Waals surface area (Å²) in [7, 11) is 0. The van der Waals surface area contributed by atoms with Crippen LogP contribution in [0, 0.1) is 0 Å². The van der Waals surface area contributed by atoms with E-state index >= 15 is 0 Å². The smallest absolute Gasteiger partial charge is 0.417 e. The highest BCUT2D eigenvalue weighted by Gasteiger charge is 2.34. The molecule has 0 aliphatic rings. The van der Waals surface area contributed by atoms with E-state index in [9.17, 15) is 18.0 Å². The van der Waals surface area contributed by atoms with E-state index in [2.05, 4.69) is 10.3 Å². The van der Waals surface area contributed by atoms with Crippen molar-refractivity contribution in [3.8, 4) is 10.8 Å². The van der Waals surface area contributed by atoms with E-state index in [4.69, 9.17) is 4.42 Å². The summed E-state index contributed by atoms with van der Waals surface area (Å²) < 4.78 is 45.9. The van der Waals surface area contributed by atoms with Crippen molar-refractivity contribution in [2.75, 3.05) is 0 Å². The number of rotatable bonds is 4. The van der Waals surface area contributed by atoms with Crippen LogP contribution < -0.4 is 5.32 Å². The highest BCUT2D eigenvalue weighted by molar-refractivity contribution is 7.21. The molecule has 2 aromatic carbocycles. The maximum Gasteiger partial charge on any atom is 0.417 e. The highest BCUT2D eigenvalue weighted by Crippen LogP contribution is 2.32. The number of halogens is 3. The van der Waals surface area contributed by atoms with Crippen LogP contribution in [0.15, 0.2) is 65.1 Å². The third-order valence-corrected chi connectivity index (χ3v) is 5.12. The Bertz CT molecular complexity index is 1110. The molecule has 0 unspecified atom stereocenters. The molecule has 0 aliphatic heterocycles. The van der Waals surface area contributed by atoms with Crippen LogP contribution >= 0.6 is 11.3 Å². The van der Waals surface area contributed by atoms with Gasteiger partial charge in [0.15, 0.2) is 10.8 Å². The topological polar surface area (TPSA) is 55.1 Å². The normalized spacial score (nSPS) is 11.7. The molecule has 0 fully saturated rings. The molecular weight excluding hydrogens is 389 g/mol. The molecule has 2 heterocycles. The van der Waals surface area contributed by atoms with Gasteiger partial charge in [-0.1, -0.05) is 24.3 Å². The molecule has 1 amide bonds. The van der Waals surface area contributed by atoms with Crippen LogP contribution in [0.25, 0.3) is 21.0 Å². The maximum absolute atomic E-state index is 13.0. The molecule has 0 bridgehead atoms. The van der Waals surface area contributed by atoms with Gasteiger partial charge in [-0.2, -0.15) is 13.2 Å². The fourth-order valence-corrected chi connectivity index (χ4v) is 3.68. The molecule has 4 nitrogen and oxygen atoms in total. The van der Waals surface area contributed by atoms with Gasteiger partial charge in [0.25, 0.3) is 5.91 Å². The zero-order valence-corrected chi connectivity index (χ0v) is 15.1. The fraction of sp³-hybridized carbons (Fsp3) is 0.100. The number of hydrogen-bond donors (Lipinski definition) is 1. The first-order valence-electron chi connectivity index (χ1n) is 8.31. The summed E-state index contributed by atoms with van der Waals surface area (Å²) in [6, 6.07) is 15.7. The minimum Gasteiger partial charge on any atom is -0.457 e. The van der Waals surface area contributed by atoms with Gasteiger partial charge in [-0.05, 0) is 36.4 Å². The van der Waals surface area contributed by atoms with Gasteiger partial charge in [-0.15, -0.1) is 11.3 Å². The molecule has 2 aromatic heterocycles. The largest absolute Gasteiger partial charge is 0.457 e. The van der Waals surface area contributed by atoms with Crippen molar-refractivity contribution in [2.45, 2.75) is 12.7 Å². The molecule has 0 atom stereocenters. The van der Waals surface area contributed by atoms with Crippen LogP contribution in [0.2, 0.25) is 0 Å². The predicted octanol–water partition coefficient (Wildman–Crippen LogP) is 5.51. The zero-order valence-electron chi connectivity index (χ0n) is 14.3. The van der Waals surface area contributed by atoms with E-state index in [0.29, 0.717) is 16.5 Å². The molecule has 0 saturated heterocycles.